The summed E-state index contributed by atoms with van der Waals surface area (Å²) < 4.78 is 0. The van der Waals surface area contributed by atoms with Crippen LogP contribution in [0.25, 0.3) is 0 Å². The number of piperazine rings is 1. The molecule has 1 aliphatic heterocycles. The standard InChI is InChI=1S/C18H30N4S/c1-6-16(7-2)23-13-19-17-14(3)12-15(4)18(20-17)22-10-8-21(5)9-11-22/h12-13,16H,6-11H2,1-5H3. The van der Waals surface area contributed by atoms with Gasteiger partial charge in [-0.2, -0.15) is 0 Å². The molecule has 0 amide bonds. The summed E-state index contributed by atoms with van der Waals surface area (Å²) in [6.07, 6.45) is 2.36. The Bertz CT molecular complexity index is 532. The Balaban J connectivity index is 2.14. The van der Waals surface area contributed by atoms with E-state index in [2.05, 4.69) is 55.6 Å². The molecule has 0 N–H and O–H groups in total. The van der Waals surface area contributed by atoms with Gasteiger partial charge in [0.1, 0.15) is 5.82 Å². The maximum Gasteiger partial charge on any atom is 0.157 e. The quantitative estimate of drug-likeness (QED) is 0.581. The topological polar surface area (TPSA) is 31.7 Å². The summed E-state index contributed by atoms with van der Waals surface area (Å²) in [4.78, 5) is 14.3. The second-order valence-corrected chi connectivity index (χ2v) is 7.52. The fraction of sp³-hybridized carbons (Fsp3) is 0.667. The van der Waals surface area contributed by atoms with Crippen molar-refractivity contribution in [2.45, 2.75) is 45.8 Å². The van der Waals surface area contributed by atoms with E-state index in [0.717, 1.165) is 43.4 Å². The minimum atomic E-state index is 0.654. The van der Waals surface area contributed by atoms with E-state index < -0.39 is 0 Å². The molecule has 1 aromatic heterocycles. The minimum absolute atomic E-state index is 0.654. The molecule has 0 aliphatic carbocycles. The van der Waals surface area contributed by atoms with Crippen molar-refractivity contribution in [3.8, 4) is 0 Å². The lowest BCUT2D eigenvalue weighted by atomic mass is 10.2. The van der Waals surface area contributed by atoms with E-state index >= 15 is 0 Å². The second-order valence-electron chi connectivity index (χ2n) is 6.37. The van der Waals surface area contributed by atoms with Crippen LogP contribution in [-0.4, -0.2) is 53.9 Å². The molecule has 2 heterocycles. The maximum atomic E-state index is 4.87. The van der Waals surface area contributed by atoms with E-state index in [-0.39, 0.29) is 0 Å². The van der Waals surface area contributed by atoms with Crippen molar-refractivity contribution in [1.82, 2.24) is 9.88 Å². The number of hydrogen-bond acceptors (Lipinski definition) is 5. The first-order valence-electron chi connectivity index (χ1n) is 8.64. The first kappa shape index (κ1) is 18.3. The van der Waals surface area contributed by atoms with Gasteiger partial charge in [0.25, 0.3) is 0 Å². The van der Waals surface area contributed by atoms with Crippen molar-refractivity contribution in [2.24, 2.45) is 4.99 Å². The summed E-state index contributed by atoms with van der Waals surface area (Å²) in [6.45, 7) is 13.0. The largest absolute Gasteiger partial charge is 0.354 e. The van der Waals surface area contributed by atoms with Crippen molar-refractivity contribution in [3.05, 3.63) is 17.2 Å². The molecule has 0 atom stereocenters. The summed E-state index contributed by atoms with van der Waals surface area (Å²) >= 11 is 1.82. The molecule has 0 saturated carbocycles. The Morgan fingerprint density at radius 2 is 1.83 bits per heavy atom. The molecule has 0 spiro atoms. The number of pyridine rings is 1. The zero-order chi connectivity index (χ0) is 16.8. The van der Waals surface area contributed by atoms with Crippen molar-refractivity contribution in [2.75, 3.05) is 38.1 Å². The fourth-order valence-electron chi connectivity index (χ4n) is 2.85. The number of rotatable bonds is 6. The highest BCUT2D eigenvalue weighted by Crippen LogP contribution is 2.26. The Hall–Kier alpha value is -1.07. The molecule has 5 heteroatoms. The van der Waals surface area contributed by atoms with Crippen LogP contribution in [0.3, 0.4) is 0 Å². The normalized spacial score (nSPS) is 16.7. The Kier molecular flexibility index (Phi) is 6.90. The van der Waals surface area contributed by atoms with Crippen molar-refractivity contribution >= 4 is 28.9 Å². The third kappa shape index (κ3) is 4.95. The van der Waals surface area contributed by atoms with Gasteiger partial charge in [-0.1, -0.05) is 13.8 Å². The highest BCUT2D eigenvalue weighted by molar-refractivity contribution is 8.12. The second kappa shape index (κ2) is 8.69. The van der Waals surface area contributed by atoms with Crippen molar-refractivity contribution in [3.63, 3.8) is 0 Å². The van der Waals surface area contributed by atoms with Crippen molar-refractivity contribution < 1.29 is 0 Å². The fourth-order valence-corrected chi connectivity index (χ4v) is 3.56. The molecule has 0 bridgehead atoms. The lowest BCUT2D eigenvalue weighted by molar-refractivity contribution is 0.312. The van der Waals surface area contributed by atoms with E-state index in [1.54, 1.807) is 0 Å². The van der Waals surface area contributed by atoms with Crippen LogP contribution in [0.1, 0.15) is 37.8 Å². The number of aromatic nitrogens is 1. The molecule has 1 aromatic rings. The van der Waals surface area contributed by atoms with Gasteiger partial charge in [-0.05, 0) is 50.9 Å². The lowest BCUT2D eigenvalue weighted by Crippen LogP contribution is -2.45. The van der Waals surface area contributed by atoms with E-state index in [0.29, 0.717) is 5.25 Å². The molecule has 0 radical (unpaired) electrons. The third-order valence-corrected chi connectivity index (χ3v) is 5.77. The van der Waals surface area contributed by atoms with Gasteiger partial charge in [0.2, 0.25) is 0 Å². The number of anilines is 1. The monoisotopic (exact) mass is 334 g/mol. The molecule has 0 unspecified atom stereocenters. The number of thioether (sulfide) groups is 1. The summed E-state index contributed by atoms with van der Waals surface area (Å²) in [5.74, 6) is 1.96. The predicted molar refractivity (Wildman–Crippen MR) is 104 cm³/mol. The summed E-state index contributed by atoms with van der Waals surface area (Å²) in [6, 6.07) is 2.22. The Labute approximate surface area is 145 Å². The molecule has 4 nitrogen and oxygen atoms in total. The predicted octanol–water partition coefficient (Wildman–Crippen LogP) is 4.03. The average molecular weight is 335 g/mol. The summed E-state index contributed by atoms with van der Waals surface area (Å²) in [5, 5.41) is 0.654. The first-order chi connectivity index (χ1) is 11.0. The zero-order valence-corrected chi connectivity index (χ0v) is 16.0. The molecule has 1 fully saturated rings. The van der Waals surface area contributed by atoms with Gasteiger partial charge in [0.15, 0.2) is 5.82 Å². The molecular weight excluding hydrogens is 304 g/mol. The number of aryl methyl sites for hydroxylation is 2. The van der Waals surface area contributed by atoms with Crippen LogP contribution in [-0.2, 0) is 0 Å². The van der Waals surface area contributed by atoms with Crippen LogP contribution in [0.5, 0.6) is 0 Å². The Morgan fingerprint density at radius 3 is 2.43 bits per heavy atom. The van der Waals surface area contributed by atoms with Crippen molar-refractivity contribution in [1.29, 1.82) is 0 Å². The molecule has 128 valence electrons. The van der Waals surface area contributed by atoms with Gasteiger partial charge in [-0.25, -0.2) is 9.98 Å². The number of hydrogen-bond donors (Lipinski definition) is 0. The van der Waals surface area contributed by atoms with Crippen LogP contribution < -0.4 is 4.90 Å². The molecular formula is C18H30N4S. The van der Waals surface area contributed by atoms with Crippen LogP contribution in [0.2, 0.25) is 0 Å². The first-order valence-corrected chi connectivity index (χ1v) is 9.59. The Morgan fingerprint density at radius 1 is 1.17 bits per heavy atom. The van der Waals surface area contributed by atoms with Gasteiger partial charge < -0.3 is 9.80 Å². The molecule has 0 aromatic carbocycles. The van der Waals surface area contributed by atoms with E-state index in [4.69, 9.17) is 4.98 Å². The number of likely N-dealkylation sites (N-methyl/N-ethyl adjacent to an activating group) is 1. The van der Waals surface area contributed by atoms with Gasteiger partial charge in [-0.3, -0.25) is 0 Å². The highest BCUT2D eigenvalue weighted by Gasteiger charge is 2.18. The summed E-state index contributed by atoms with van der Waals surface area (Å²) in [5.41, 5.74) is 4.39. The molecule has 23 heavy (non-hydrogen) atoms. The van der Waals surface area contributed by atoms with Crippen LogP contribution in [0.4, 0.5) is 11.6 Å². The lowest BCUT2D eigenvalue weighted by Gasteiger charge is -2.34. The smallest absolute Gasteiger partial charge is 0.157 e. The van der Waals surface area contributed by atoms with E-state index in [1.165, 1.54) is 18.4 Å². The number of aliphatic imine (C=N–C) groups is 1. The SMILES string of the molecule is CCC(CC)SC=Nc1nc(N2CCN(C)CC2)c(C)cc1C. The van der Waals surface area contributed by atoms with Gasteiger partial charge in [0.05, 0.1) is 5.55 Å². The zero-order valence-electron chi connectivity index (χ0n) is 15.2. The molecule has 1 saturated heterocycles. The van der Waals surface area contributed by atoms with Crippen LogP contribution in [0, 0.1) is 13.8 Å². The van der Waals surface area contributed by atoms with Crippen LogP contribution in [0.15, 0.2) is 11.1 Å². The van der Waals surface area contributed by atoms with E-state index in [9.17, 15) is 0 Å². The van der Waals surface area contributed by atoms with Gasteiger partial charge >= 0.3 is 0 Å². The minimum Gasteiger partial charge on any atom is -0.354 e. The highest BCUT2D eigenvalue weighted by atomic mass is 32.2. The van der Waals surface area contributed by atoms with Gasteiger partial charge in [0, 0.05) is 31.4 Å². The van der Waals surface area contributed by atoms with E-state index in [1.807, 2.05) is 17.3 Å². The number of nitrogens with zero attached hydrogens (tertiary/aromatic N) is 4. The molecule has 1 aliphatic rings. The average Bonchev–Trinajstić information content (AvgIpc) is 2.54. The summed E-state index contributed by atoms with van der Waals surface area (Å²) in [7, 11) is 2.18. The van der Waals surface area contributed by atoms with Crippen LogP contribution >= 0.6 is 11.8 Å². The molecule has 2 rings (SSSR count). The third-order valence-electron chi connectivity index (χ3n) is 4.49. The maximum absolute atomic E-state index is 4.87. The van der Waals surface area contributed by atoms with Gasteiger partial charge in [-0.15, -0.1) is 11.8 Å².